The average Bonchev–Trinajstić information content (AvgIpc) is 3.31. The van der Waals surface area contributed by atoms with Crippen LogP contribution in [0.25, 0.3) is 0 Å². The molecule has 34 heavy (non-hydrogen) atoms. The van der Waals surface area contributed by atoms with E-state index < -0.39 is 0 Å². The minimum atomic E-state index is 0.716. The Morgan fingerprint density at radius 3 is 0.971 bits per heavy atom. The van der Waals surface area contributed by atoms with Crippen molar-refractivity contribution in [2.45, 2.75) is 172 Å². The van der Waals surface area contributed by atoms with Crippen LogP contribution in [-0.4, -0.2) is 0 Å². The minimum Gasteiger partial charge on any atom is -0.0628 e. The van der Waals surface area contributed by atoms with E-state index in [-0.39, 0.29) is 0 Å². The maximum absolute atomic E-state index is 2.46. The molecular formula is C34H68. The molecule has 0 atom stereocenters. The van der Waals surface area contributed by atoms with Crippen molar-refractivity contribution >= 4 is 0 Å². The molecule has 4 aliphatic rings. The number of rotatable bonds is 6. The van der Waals surface area contributed by atoms with Gasteiger partial charge < -0.3 is 0 Å². The van der Waals surface area contributed by atoms with Crippen LogP contribution in [0.15, 0.2) is 0 Å². The Hall–Kier alpha value is 0. The predicted octanol–water partition coefficient (Wildman–Crippen LogP) is 12.1. The Kier molecular flexibility index (Phi) is 15.0. The lowest BCUT2D eigenvalue weighted by Crippen LogP contribution is -2.26. The molecule has 0 radical (unpaired) electrons. The van der Waals surface area contributed by atoms with E-state index in [4.69, 9.17) is 0 Å². The number of hydrogen-bond donors (Lipinski definition) is 0. The van der Waals surface area contributed by atoms with Crippen LogP contribution in [0.4, 0.5) is 0 Å². The Morgan fingerprint density at radius 1 is 0.471 bits per heavy atom. The molecule has 4 fully saturated rings. The fourth-order valence-electron chi connectivity index (χ4n) is 7.12. The molecule has 204 valence electrons. The second-order valence-corrected chi connectivity index (χ2v) is 15.1. The van der Waals surface area contributed by atoms with Crippen LogP contribution in [0.1, 0.15) is 172 Å². The lowest BCUT2D eigenvalue weighted by Gasteiger charge is -2.39. The Bertz CT molecular complexity index is 476. The summed E-state index contributed by atoms with van der Waals surface area (Å²) in [5.74, 6) is 5.83. The Morgan fingerprint density at radius 2 is 0.794 bits per heavy atom. The first-order valence-electron chi connectivity index (χ1n) is 15.9. The highest BCUT2D eigenvalue weighted by Gasteiger charge is 2.31. The van der Waals surface area contributed by atoms with Gasteiger partial charge in [-0.25, -0.2) is 0 Å². The van der Waals surface area contributed by atoms with Crippen LogP contribution < -0.4 is 0 Å². The third-order valence-corrected chi connectivity index (χ3v) is 9.61. The van der Waals surface area contributed by atoms with Gasteiger partial charge in [-0.1, -0.05) is 133 Å². The molecule has 0 heterocycles. The fourth-order valence-corrected chi connectivity index (χ4v) is 7.12. The summed E-state index contributed by atoms with van der Waals surface area (Å²) < 4.78 is 0. The van der Waals surface area contributed by atoms with Crippen molar-refractivity contribution in [2.24, 2.45) is 46.3 Å². The summed E-state index contributed by atoms with van der Waals surface area (Å²) in [6.45, 7) is 23.5. The predicted molar refractivity (Wildman–Crippen MR) is 156 cm³/mol. The zero-order valence-corrected chi connectivity index (χ0v) is 25.8. The van der Waals surface area contributed by atoms with Gasteiger partial charge >= 0.3 is 0 Å². The van der Waals surface area contributed by atoms with Gasteiger partial charge in [-0.15, -0.1) is 0 Å². The zero-order chi connectivity index (χ0) is 25.8. The van der Waals surface area contributed by atoms with E-state index in [1.165, 1.54) is 103 Å². The summed E-state index contributed by atoms with van der Waals surface area (Å²) in [6.07, 6.45) is 23.7. The summed E-state index contributed by atoms with van der Waals surface area (Å²) in [5.41, 5.74) is 1.46. The van der Waals surface area contributed by atoms with Gasteiger partial charge in [-0.05, 0) is 84.9 Å². The zero-order valence-electron chi connectivity index (χ0n) is 25.8. The molecule has 0 amide bonds. The topological polar surface area (TPSA) is 0 Å². The monoisotopic (exact) mass is 477 g/mol. The van der Waals surface area contributed by atoms with Gasteiger partial charge in [0.15, 0.2) is 0 Å². The maximum Gasteiger partial charge on any atom is -0.0323 e. The van der Waals surface area contributed by atoms with Gasteiger partial charge in [-0.2, -0.15) is 0 Å². The van der Waals surface area contributed by atoms with E-state index >= 15 is 0 Å². The van der Waals surface area contributed by atoms with E-state index in [0.29, 0.717) is 5.41 Å². The lowest BCUT2D eigenvalue weighted by atomic mass is 9.66. The molecule has 4 aliphatic carbocycles. The first kappa shape index (κ1) is 32.0. The fraction of sp³-hybridized carbons (Fsp3) is 1.00. The van der Waals surface area contributed by atoms with Gasteiger partial charge in [0.2, 0.25) is 0 Å². The standard InChI is InChI=1S/C10H20.C9H18.C8H16.C7H14/c1-9(2)8-10(3)6-4-5-7-10;1-8(2)7-9(3)5-4-6-9;1-7(2)8-5-3-4-6-8;1-6(2)7-4-3-5-7/h9H,4-8H2,1-3H3;8H,4-7H2,1-3H3;7-8H,3-6H2,1-2H3;6-7H,3-5H2,1-2H3. The summed E-state index contributed by atoms with van der Waals surface area (Å²) in [4.78, 5) is 0. The molecule has 0 aromatic carbocycles. The molecule has 4 saturated carbocycles. The summed E-state index contributed by atoms with van der Waals surface area (Å²) in [5, 5.41) is 0. The van der Waals surface area contributed by atoms with E-state index in [1.54, 1.807) is 0 Å². The maximum atomic E-state index is 2.46. The van der Waals surface area contributed by atoms with Crippen molar-refractivity contribution in [3.05, 3.63) is 0 Å². The quantitative estimate of drug-likeness (QED) is 0.357. The third kappa shape index (κ3) is 13.3. The van der Waals surface area contributed by atoms with E-state index in [9.17, 15) is 0 Å². The molecule has 0 aliphatic heterocycles. The van der Waals surface area contributed by atoms with Gasteiger partial charge in [0.1, 0.15) is 0 Å². The molecule has 0 heteroatoms. The summed E-state index contributed by atoms with van der Waals surface area (Å²) in [6, 6.07) is 0. The van der Waals surface area contributed by atoms with Crippen molar-refractivity contribution in [3.63, 3.8) is 0 Å². The van der Waals surface area contributed by atoms with Crippen LogP contribution in [0, 0.1) is 46.3 Å². The molecule has 0 spiro atoms. The van der Waals surface area contributed by atoms with Crippen molar-refractivity contribution in [1.29, 1.82) is 0 Å². The normalized spacial score (nSPS) is 23.5. The molecule has 0 aromatic heterocycles. The highest BCUT2D eigenvalue weighted by molar-refractivity contribution is 4.83. The molecule has 0 unspecified atom stereocenters. The van der Waals surface area contributed by atoms with Crippen LogP contribution in [0.5, 0.6) is 0 Å². The SMILES string of the molecule is CC(C)C1CCC1.CC(C)C1CCCC1.CC(C)CC1(C)CCC1.CC(C)CC1(C)CCCC1. The molecule has 0 nitrogen and oxygen atoms in total. The van der Waals surface area contributed by atoms with Crippen LogP contribution in [0.3, 0.4) is 0 Å². The Labute approximate surface area is 218 Å². The molecule has 4 rings (SSSR count). The van der Waals surface area contributed by atoms with Crippen molar-refractivity contribution < 1.29 is 0 Å². The largest absolute Gasteiger partial charge is 0.0628 e. The smallest absolute Gasteiger partial charge is 0.0323 e. The lowest BCUT2D eigenvalue weighted by molar-refractivity contribution is 0.125. The van der Waals surface area contributed by atoms with Gasteiger partial charge in [0.25, 0.3) is 0 Å². The highest BCUT2D eigenvalue weighted by Crippen LogP contribution is 2.45. The van der Waals surface area contributed by atoms with Crippen LogP contribution in [0.2, 0.25) is 0 Å². The molecule has 0 bridgehead atoms. The second kappa shape index (κ2) is 16.0. The molecular weight excluding hydrogens is 408 g/mol. The van der Waals surface area contributed by atoms with Gasteiger partial charge in [-0.3, -0.25) is 0 Å². The third-order valence-electron chi connectivity index (χ3n) is 9.61. The van der Waals surface area contributed by atoms with Crippen LogP contribution in [-0.2, 0) is 0 Å². The van der Waals surface area contributed by atoms with E-state index in [1.807, 2.05) is 0 Å². The summed E-state index contributed by atoms with van der Waals surface area (Å²) >= 11 is 0. The van der Waals surface area contributed by atoms with Crippen molar-refractivity contribution in [3.8, 4) is 0 Å². The van der Waals surface area contributed by atoms with Crippen LogP contribution >= 0.6 is 0 Å². The van der Waals surface area contributed by atoms with Gasteiger partial charge in [0, 0.05) is 0 Å². The molecule has 0 saturated heterocycles. The van der Waals surface area contributed by atoms with Gasteiger partial charge in [0.05, 0.1) is 0 Å². The molecule has 0 N–H and O–H groups in total. The highest BCUT2D eigenvalue weighted by atomic mass is 14.4. The van der Waals surface area contributed by atoms with E-state index in [0.717, 1.165) is 40.9 Å². The summed E-state index contributed by atoms with van der Waals surface area (Å²) in [7, 11) is 0. The molecule has 0 aromatic rings. The average molecular weight is 477 g/mol. The van der Waals surface area contributed by atoms with Crippen molar-refractivity contribution in [1.82, 2.24) is 0 Å². The first-order valence-corrected chi connectivity index (χ1v) is 15.9. The van der Waals surface area contributed by atoms with E-state index in [2.05, 4.69) is 69.2 Å². The number of hydrogen-bond acceptors (Lipinski definition) is 0. The first-order chi connectivity index (χ1) is 15.9. The Balaban J connectivity index is 0.000000228. The minimum absolute atomic E-state index is 0.716. The van der Waals surface area contributed by atoms with Crippen molar-refractivity contribution in [2.75, 3.05) is 0 Å². The second-order valence-electron chi connectivity index (χ2n) is 15.1.